The molecule has 7 atom stereocenters. The molecule has 0 saturated heterocycles. The topological polar surface area (TPSA) is 299 Å². The Hall–Kier alpha value is -4.32. The second-order valence-electron chi connectivity index (χ2n) is 18.7. The Bertz CT molecular complexity index is 1420. The first-order valence-electron chi connectivity index (χ1n) is 22.7. The van der Waals surface area contributed by atoms with E-state index in [4.69, 9.17) is 17.2 Å². The maximum absolute atomic E-state index is 14.1. The van der Waals surface area contributed by atoms with E-state index >= 15 is 0 Å². The van der Waals surface area contributed by atoms with Crippen LogP contribution in [0.1, 0.15) is 147 Å². The molecule has 0 saturated carbocycles. The highest BCUT2D eigenvalue weighted by molar-refractivity contribution is 5.97. The van der Waals surface area contributed by atoms with Gasteiger partial charge in [0, 0.05) is 6.92 Å². The van der Waals surface area contributed by atoms with Crippen molar-refractivity contribution >= 4 is 47.3 Å². The lowest BCUT2D eigenvalue weighted by Gasteiger charge is -2.29. The lowest BCUT2D eigenvalue weighted by Crippen LogP contribution is -2.60. The molecule has 0 aromatic heterocycles. The summed E-state index contributed by atoms with van der Waals surface area (Å²) < 4.78 is 0. The fraction of sp³-hybridized carbons (Fsp3) is 0.818. The molecule has 0 aliphatic carbocycles. The molecule has 0 fully saturated rings. The maximum atomic E-state index is 14.1. The standard InChI is InChI=1S/C44H84N10O8/c1-25(2)20-33(38(47)56)51-39(57)31(16-12-14-18-45)49-43(61)36(23-28(7)8)54-44(62)37(24-29(9)10)52-40(58)32(17-13-15-19-46)50-42(60)35(22-27(5)6)53-41(59)34(21-26(3)4)48-30(11)55/h25-29,31-37H,12-24,45-46H2,1-11H3,(H2,47,56)(H,48,55)(H,49,61)(H,50,60)(H,51,57)(H,52,58)(H,53,59)(H,54,62)/t31-,32-,33-,34-,35-,36-,37-/m0/s1. The van der Waals surface area contributed by atoms with Crippen molar-refractivity contribution in [3.05, 3.63) is 0 Å². The normalized spacial score (nSPS) is 14.9. The number of unbranched alkanes of at least 4 members (excludes halogenated alkanes) is 2. The van der Waals surface area contributed by atoms with Gasteiger partial charge in [-0.3, -0.25) is 38.4 Å². The van der Waals surface area contributed by atoms with Crippen molar-refractivity contribution in [1.29, 1.82) is 0 Å². The minimum absolute atomic E-state index is 0.0254. The summed E-state index contributed by atoms with van der Waals surface area (Å²) in [5.74, 6) is -4.70. The van der Waals surface area contributed by atoms with Gasteiger partial charge in [0.2, 0.25) is 47.3 Å². The predicted octanol–water partition coefficient (Wildman–Crippen LogP) is 1.37. The molecule has 0 aromatic carbocycles. The largest absolute Gasteiger partial charge is 0.368 e. The highest BCUT2D eigenvalue weighted by Crippen LogP contribution is 2.14. The molecule has 0 rings (SSSR count). The third-order valence-corrected chi connectivity index (χ3v) is 9.95. The molecule has 0 bridgehead atoms. The molecular formula is C44H84N10O8. The lowest BCUT2D eigenvalue weighted by molar-refractivity contribution is -0.136. The summed E-state index contributed by atoms with van der Waals surface area (Å²) in [5.41, 5.74) is 17.0. The molecule has 0 radical (unpaired) electrons. The smallest absolute Gasteiger partial charge is 0.243 e. The van der Waals surface area contributed by atoms with Crippen LogP contribution in [0.2, 0.25) is 0 Å². The van der Waals surface area contributed by atoms with E-state index < -0.39 is 83.6 Å². The van der Waals surface area contributed by atoms with E-state index in [-0.39, 0.29) is 67.6 Å². The number of rotatable bonds is 32. The van der Waals surface area contributed by atoms with E-state index in [1.54, 1.807) is 0 Å². The first-order valence-corrected chi connectivity index (χ1v) is 22.7. The van der Waals surface area contributed by atoms with Crippen LogP contribution in [0, 0.1) is 29.6 Å². The zero-order chi connectivity index (χ0) is 47.7. The van der Waals surface area contributed by atoms with Crippen LogP contribution in [-0.2, 0) is 38.4 Å². The van der Waals surface area contributed by atoms with Crippen LogP contribution in [0.3, 0.4) is 0 Å². The van der Waals surface area contributed by atoms with Crippen LogP contribution in [0.4, 0.5) is 0 Å². The van der Waals surface area contributed by atoms with Gasteiger partial charge in [-0.1, -0.05) is 69.2 Å². The summed E-state index contributed by atoms with van der Waals surface area (Å²) in [5, 5.41) is 19.4. The SMILES string of the molecule is CC(=O)N[C@@H](CC(C)C)C(=O)N[C@@H](CC(C)C)C(=O)N[C@@H](CCCCN)C(=O)N[C@@H](CC(C)C)C(=O)N[C@@H](CC(C)C)C(=O)N[C@@H](CCCCN)C(=O)N[C@@H](CC(C)C)C(N)=O. The number of carbonyl (C=O) groups is 8. The van der Waals surface area contributed by atoms with Gasteiger partial charge in [0.1, 0.15) is 42.3 Å². The van der Waals surface area contributed by atoms with Gasteiger partial charge in [0.25, 0.3) is 0 Å². The Balaban J connectivity index is 6.52. The molecule has 13 N–H and O–H groups in total. The summed E-state index contributed by atoms with van der Waals surface area (Å²) in [4.78, 5) is 107. The number of nitrogens with one attached hydrogen (secondary N) is 7. The highest BCUT2D eigenvalue weighted by atomic mass is 16.2. The second kappa shape index (κ2) is 30.7. The van der Waals surface area contributed by atoms with Gasteiger partial charge in [0.15, 0.2) is 0 Å². The molecule has 18 heteroatoms. The Morgan fingerprint density at radius 1 is 0.355 bits per heavy atom. The van der Waals surface area contributed by atoms with E-state index in [1.165, 1.54) is 6.92 Å². The van der Waals surface area contributed by atoms with Crippen LogP contribution in [0.5, 0.6) is 0 Å². The molecule has 0 aliphatic rings. The Morgan fingerprint density at radius 3 is 0.823 bits per heavy atom. The molecule has 62 heavy (non-hydrogen) atoms. The van der Waals surface area contributed by atoms with Crippen LogP contribution in [0.25, 0.3) is 0 Å². The molecule has 0 unspecified atom stereocenters. The fourth-order valence-corrected chi connectivity index (χ4v) is 6.93. The number of amides is 8. The van der Waals surface area contributed by atoms with Crippen molar-refractivity contribution in [2.24, 2.45) is 46.8 Å². The quantitative estimate of drug-likeness (QED) is 0.0433. The van der Waals surface area contributed by atoms with Crippen molar-refractivity contribution in [3.8, 4) is 0 Å². The van der Waals surface area contributed by atoms with Crippen molar-refractivity contribution in [2.75, 3.05) is 13.1 Å². The van der Waals surface area contributed by atoms with E-state index in [2.05, 4.69) is 37.2 Å². The first-order chi connectivity index (χ1) is 28.9. The molecule has 0 aliphatic heterocycles. The minimum Gasteiger partial charge on any atom is -0.368 e. The average molecular weight is 881 g/mol. The van der Waals surface area contributed by atoms with Crippen LogP contribution < -0.4 is 54.4 Å². The fourth-order valence-electron chi connectivity index (χ4n) is 6.93. The van der Waals surface area contributed by atoms with E-state index in [0.717, 1.165) is 0 Å². The lowest BCUT2D eigenvalue weighted by atomic mass is 9.98. The van der Waals surface area contributed by atoms with Gasteiger partial charge in [0.05, 0.1) is 0 Å². The van der Waals surface area contributed by atoms with Gasteiger partial charge < -0.3 is 54.4 Å². The van der Waals surface area contributed by atoms with Crippen LogP contribution >= 0.6 is 0 Å². The van der Waals surface area contributed by atoms with Gasteiger partial charge in [-0.2, -0.15) is 0 Å². The van der Waals surface area contributed by atoms with Crippen molar-refractivity contribution in [2.45, 2.75) is 189 Å². The maximum Gasteiger partial charge on any atom is 0.243 e. The minimum atomic E-state index is -1.12. The van der Waals surface area contributed by atoms with E-state index in [1.807, 2.05) is 69.2 Å². The van der Waals surface area contributed by atoms with E-state index in [9.17, 15) is 38.4 Å². The molecular weight excluding hydrogens is 797 g/mol. The third kappa shape index (κ3) is 25.0. The van der Waals surface area contributed by atoms with Gasteiger partial charge in [-0.25, -0.2) is 0 Å². The van der Waals surface area contributed by atoms with Gasteiger partial charge >= 0.3 is 0 Å². The molecule has 0 aromatic rings. The summed E-state index contributed by atoms with van der Waals surface area (Å²) >= 11 is 0. The molecule has 0 heterocycles. The second-order valence-corrected chi connectivity index (χ2v) is 18.7. The zero-order valence-electron chi connectivity index (χ0n) is 39.6. The zero-order valence-corrected chi connectivity index (χ0v) is 39.6. The number of carbonyl (C=O) groups excluding carboxylic acids is 8. The summed E-state index contributed by atoms with van der Waals surface area (Å²) in [6.45, 7) is 20.9. The molecule has 18 nitrogen and oxygen atoms in total. The third-order valence-electron chi connectivity index (χ3n) is 9.95. The Morgan fingerprint density at radius 2 is 0.581 bits per heavy atom. The van der Waals surface area contributed by atoms with Gasteiger partial charge in [-0.15, -0.1) is 0 Å². The van der Waals surface area contributed by atoms with Crippen molar-refractivity contribution in [1.82, 2.24) is 37.2 Å². The average Bonchev–Trinajstić information content (AvgIpc) is 3.14. The van der Waals surface area contributed by atoms with Crippen molar-refractivity contribution < 1.29 is 38.4 Å². The predicted molar refractivity (Wildman–Crippen MR) is 241 cm³/mol. The Labute approximate surface area is 371 Å². The number of primary amides is 1. The first kappa shape index (κ1) is 57.7. The Kier molecular flexibility index (Phi) is 28.5. The highest BCUT2D eigenvalue weighted by Gasteiger charge is 2.34. The van der Waals surface area contributed by atoms with Gasteiger partial charge in [-0.05, 0) is 113 Å². The van der Waals surface area contributed by atoms with Crippen LogP contribution in [0.15, 0.2) is 0 Å². The van der Waals surface area contributed by atoms with E-state index in [0.29, 0.717) is 51.6 Å². The van der Waals surface area contributed by atoms with Crippen molar-refractivity contribution in [3.63, 3.8) is 0 Å². The summed E-state index contributed by atoms with van der Waals surface area (Å²) in [6.07, 6.45) is 3.86. The summed E-state index contributed by atoms with van der Waals surface area (Å²) in [6, 6.07) is -7.20. The summed E-state index contributed by atoms with van der Waals surface area (Å²) in [7, 11) is 0. The number of hydrogen-bond donors (Lipinski definition) is 10. The van der Waals surface area contributed by atoms with Crippen LogP contribution in [-0.4, -0.2) is 103 Å². The monoisotopic (exact) mass is 881 g/mol. The number of nitrogens with two attached hydrogens (primary N) is 3. The number of hydrogen-bond acceptors (Lipinski definition) is 10. The molecule has 358 valence electrons. The molecule has 8 amide bonds. The molecule has 0 spiro atoms.